The third-order valence-corrected chi connectivity index (χ3v) is 1.86. The van der Waals surface area contributed by atoms with Crippen molar-refractivity contribution in [3.63, 3.8) is 0 Å². The van der Waals surface area contributed by atoms with E-state index in [4.69, 9.17) is 11.1 Å². The summed E-state index contributed by atoms with van der Waals surface area (Å²) in [6.07, 6.45) is 5.52. The molecule has 1 aromatic heterocycles. The first-order valence-electron chi connectivity index (χ1n) is 4.18. The van der Waals surface area contributed by atoms with Gasteiger partial charge in [-0.05, 0) is 12.8 Å². The van der Waals surface area contributed by atoms with Gasteiger partial charge in [-0.2, -0.15) is 0 Å². The highest BCUT2D eigenvalue weighted by Crippen LogP contribution is 2.22. The van der Waals surface area contributed by atoms with Crippen LogP contribution >= 0.6 is 0 Å². The molecule has 0 bridgehead atoms. The van der Waals surface area contributed by atoms with Crippen molar-refractivity contribution < 1.29 is 0 Å². The van der Waals surface area contributed by atoms with E-state index in [2.05, 4.69) is 15.3 Å². The highest BCUT2D eigenvalue weighted by molar-refractivity contribution is 5.92. The van der Waals surface area contributed by atoms with Gasteiger partial charge in [0.2, 0.25) is 0 Å². The summed E-state index contributed by atoms with van der Waals surface area (Å²) in [5.41, 5.74) is 5.66. The smallest absolute Gasteiger partial charge is 0.144 e. The van der Waals surface area contributed by atoms with E-state index in [0.29, 0.717) is 11.7 Å². The number of nitrogens with two attached hydrogens (primary N) is 1. The highest BCUT2D eigenvalue weighted by Gasteiger charge is 2.21. The van der Waals surface area contributed by atoms with Crippen molar-refractivity contribution in [1.29, 1.82) is 5.41 Å². The monoisotopic (exact) mass is 177 g/mol. The quantitative estimate of drug-likeness (QED) is 0.458. The van der Waals surface area contributed by atoms with Crippen LogP contribution in [0.2, 0.25) is 0 Å². The summed E-state index contributed by atoms with van der Waals surface area (Å²) in [6.45, 7) is 0. The number of nitrogens with zero attached hydrogens (tertiary/aromatic N) is 2. The zero-order chi connectivity index (χ0) is 9.26. The van der Waals surface area contributed by atoms with Gasteiger partial charge in [0, 0.05) is 6.04 Å². The zero-order valence-electron chi connectivity index (χ0n) is 7.12. The molecule has 5 nitrogen and oxygen atoms in total. The van der Waals surface area contributed by atoms with E-state index in [1.165, 1.54) is 19.0 Å². The Kier molecular flexibility index (Phi) is 1.84. The van der Waals surface area contributed by atoms with E-state index < -0.39 is 0 Å². The van der Waals surface area contributed by atoms with Crippen LogP contribution in [0.1, 0.15) is 18.5 Å². The van der Waals surface area contributed by atoms with Crippen LogP contribution < -0.4 is 11.1 Å². The minimum absolute atomic E-state index is 0.0505. The highest BCUT2D eigenvalue weighted by atomic mass is 15.1. The number of nitrogens with one attached hydrogen (secondary N) is 2. The van der Waals surface area contributed by atoms with Gasteiger partial charge in [-0.1, -0.05) is 0 Å². The van der Waals surface area contributed by atoms with Gasteiger partial charge < -0.3 is 11.1 Å². The SMILES string of the molecule is N=C(N)c1cnc(NC2CC2)cn1. The molecule has 1 aliphatic rings. The summed E-state index contributed by atoms with van der Waals surface area (Å²) in [4.78, 5) is 8.07. The van der Waals surface area contributed by atoms with Crippen molar-refractivity contribution in [2.75, 3.05) is 5.32 Å². The summed E-state index contributed by atoms with van der Waals surface area (Å²) >= 11 is 0. The molecule has 0 radical (unpaired) electrons. The number of hydrogen-bond donors (Lipinski definition) is 3. The van der Waals surface area contributed by atoms with E-state index in [-0.39, 0.29) is 5.84 Å². The van der Waals surface area contributed by atoms with Crippen LogP contribution in [0.25, 0.3) is 0 Å². The molecule has 5 heteroatoms. The first kappa shape index (κ1) is 7.97. The summed E-state index contributed by atoms with van der Waals surface area (Å²) in [6, 6.07) is 0.567. The first-order chi connectivity index (χ1) is 6.25. The van der Waals surface area contributed by atoms with Crippen molar-refractivity contribution in [3.05, 3.63) is 18.1 Å². The average Bonchev–Trinajstić information content (AvgIpc) is 2.89. The maximum atomic E-state index is 7.11. The number of anilines is 1. The lowest BCUT2D eigenvalue weighted by atomic mass is 10.4. The Morgan fingerprint density at radius 3 is 2.69 bits per heavy atom. The fourth-order valence-corrected chi connectivity index (χ4v) is 0.978. The molecule has 0 atom stereocenters. The van der Waals surface area contributed by atoms with E-state index in [1.807, 2.05) is 0 Å². The van der Waals surface area contributed by atoms with Gasteiger partial charge >= 0.3 is 0 Å². The average molecular weight is 177 g/mol. The Labute approximate surface area is 75.9 Å². The molecule has 0 saturated heterocycles. The largest absolute Gasteiger partial charge is 0.382 e. The first-order valence-corrected chi connectivity index (χ1v) is 4.18. The summed E-state index contributed by atoms with van der Waals surface area (Å²) in [5, 5.41) is 10.3. The molecule has 68 valence electrons. The zero-order valence-corrected chi connectivity index (χ0v) is 7.12. The lowest BCUT2D eigenvalue weighted by molar-refractivity contribution is 1.08. The van der Waals surface area contributed by atoms with E-state index in [9.17, 15) is 0 Å². The third kappa shape index (κ3) is 1.93. The Balaban J connectivity index is 2.08. The maximum absolute atomic E-state index is 7.11. The predicted molar refractivity (Wildman–Crippen MR) is 49.7 cm³/mol. The van der Waals surface area contributed by atoms with Gasteiger partial charge in [0.25, 0.3) is 0 Å². The van der Waals surface area contributed by atoms with Crippen molar-refractivity contribution in [2.24, 2.45) is 5.73 Å². The molecule has 1 aromatic rings. The van der Waals surface area contributed by atoms with Crippen molar-refractivity contribution in [1.82, 2.24) is 9.97 Å². The standard InChI is InChI=1S/C8H11N5/c9-8(10)6-3-12-7(4-11-6)13-5-1-2-5/h3-5H,1-2H2,(H3,9,10)(H,12,13). The minimum atomic E-state index is -0.0505. The second-order valence-electron chi connectivity index (χ2n) is 3.12. The number of nitrogen functional groups attached to an aromatic ring is 1. The van der Waals surface area contributed by atoms with Crippen LogP contribution in [0.4, 0.5) is 5.82 Å². The Morgan fingerprint density at radius 1 is 1.46 bits per heavy atom. The predicted octanol–water partition coefficient (Wildman–Crippen LogP) is 0.335. The topological polar surface area (TPSA) is 87.7 Å². The van der Waals surface area contributed by atoms with Crippen LogP contribution in [0.15, 0.2) is 12.4 Å². The van der Waals surface area contributed by atoms with Crippen molar-refractivity contribution in [3.8, 4) is 0 Å². The molecule has 0 aliphatic heterocycles. The Bertz CT molecular complexity index is 314. The molecular weight excluding hydrogens is 166 g/mol. The number of hydrogen-bond acceptors (Lipinski definition) is 4. The van der Waals surface area contributed by atoms with Gasteiger partial charge in [0.05, 0.1) is 12.4 Å². The van der Waals surface area contributed by atoms with E-state index >= 15 is 0 Å². The molecule has 4 N–H and O–H groups in total. The van der Waals surface area contributed by atoms with Gasteiger partial charge in [-0.25, -0.2) is 9.97 Å². The van der Waals surface area contributed by atoms with Crippen LogP contribution in [0.3, 0.4) is 0 Å². The lowest BCUT2D eigenvalue weighted by Crippen LogP contribution is -2.14. The van der Waals surface area contributed by atoms with Gasteiger partial charge in [0.1, 0.15) is 17.3 Å². The Morgan fingerprint density at radius 2 is 2.23 bits per heavy atom. The third-order valence-electron chi connectivity index (χ3n) is 1.86. The molecule has 0 aromatic carbocycles. The molecule has 1 fully saturated rings. The molecule has 1 aliphatic carbocycles. The minimum Gasteiger partial charge on any atom is -0.382 e. The second-order valence-corrected chi connectivity index (χ2v) is 3.12. The molecular formula is C8H11N5. The van der Waals surface area contributed by atoms with Crippen molar-refractivity contribution in [2.45, 2.75) is 18.9 Å². The molecule has 0 amide bonds. The fraction of sp³-hybridized carbons (Fsp3) is 0.375. The van der Waals surface area contributed by atoms with Crippen LogP contribution in [-0.4, -0.2) is 21.8 Å². The van der Waals surface area contributed by atoms with Crippen LogP contribution in [0, 0.1) is 5.41 Å². The number of aromatic nitrogens is 2. The van der Waals surface area contributed by atoms with Crippen molar-refractivity contribution >= 4 is 11.7 Å². The Hall–Kier alpha value is -1.65. The maximum Gasteiger partial charge on any atom is 0.144 e. The molecule has 13 heavy (non-hydrogen) atoms. The number of rotatable bonds is 3. The summed E-state index contributed by atoms with van der Waals surface area (Å²) in [5.74, 6) is 0.706. The van der Waals surface area contributed by atoms with E-state index in [0.717, 1.165) is 5.82 Å². The summed E-state index contributed by atoms with van der Waals surface area (Å²) < 4.78 is 0. The molecule has 2 rings (SSSR count). The second kappa shape index (κ2) is 3.01. The molecule has 0 spiro atoms. The normalized spacial score (nSPS) is 15.4. The van der Waals surface area contributed by atoms with Gasteiger partial charge in [-0.3, -0.25) is 5.41 Å². The summed E-state index contributed by atoms with van der Waals surface area (Å²) in [7, 11) is 0. The lowest BCUT2D eigenvalue weighted by Gasteiger charge is -2.02. The van der Waals surface area contributed by atoms with Gasteiger partial charge in [0.15, 0.2) is 0 Å². The van der Waals surface area contributed by atoms with E-state index in [1.54, 1.807) is 6.20 Å². The number of amidine groups is 1. The fourth-order valence-electron chi connectivity index (χ4n) is 0.978. The van der Waals surface area contributed by atoms with Gasteiger partial charge in [-0.15, -0.1) is 0 Å². The molecule has 1 heterocycles. The molecule has 1 saturated carbocycles. The van der Waals surface area contributed by atoms with Crippen LogP contribution in [0.5, 0.6) is 0 Å². The molecule has 0 unspecified atom stereocenters. The van der Waals surface area contributed by atoms with Crippen LogP contribution in [-0.2, 0) is 0 Å².